The van der Waals surface area contributed by atoms with Crippen LogP contribution in [-0.4, -0.2) is 41.8 Å². The molecule has 0 unspecified atom stereocenters. The molecule has 1 fully saturated rings. The summed E-state index contributed by atoms with van der Waals surface area (Å²) < 4.78 is 1.61. The Morgan fingerprint density at radius 1 is 1.03 bits per heavy atom. The molecule has 1 saturated carbocycles. The van der Waals surface area contributed by atoms with E-state index in [1.807, 2.05) is 25.1 Å². The molecule has 0 saturated heterocycles. The van der Waals surface area contributed by atoms with Gasteiger partial charge in [0.05, 0.1) is 34.7 Å². The first-order chi connectivity index (χ1) is 14.7. The van der Waals surface area contributed by atoms with Crippen LogP contribution in [0.2, 0.25) is 0 Å². The molecule has 1 aliphatic carbocycles. The van der Waals surface area contributed by atoms with Crippen LogP contribution in [0, 0.1) is 6.92 Å². The second kappa shape index (κ2) is 7.58. The molecule has 152 valence electrons. The Kier molecular flexibility index (Phi) is 4.62. The van der Waals surface area contributed by atoms with Crippen LogP contribution >= 0.6 is 0 Å². The highest BCUT2D eigenvalue weighted by Crippen LogP contribution is 2.24. The van der Waals surface area contributed by atoms with E-state index in [0.717, 1.165) is 42.0 Å². The molecule has 0 amide bonds. The van der Waals surface area contributed by atoms with Crippen molar-refractivity contribution in [2.24, 2.45) is 0 Å². The molecule has 1 aliphatic rings. The average molecular weight is 402 g/mol. The summed E-state index contributed by atoms with van der Waals surface area (Å²) in [5.41, 5.74) is 2.31. The zero-order chi connectivity index (χ0) is 20.5. The van der Waals surface area contributed by atoms with E-state index < -0.39 is 0 Å². The van der Waals surface area contributed by atoms with E-state index in [9.17, 15) is 4.79 Å². The molecule has 0 bridgehead atoms. The summed E-state index contributed by atoms with van der Waals surface area (Å²) in [6.07, 6.45) is 9.98. The van der Waals surface area contributed by atoms with E-state index in [1.165, 1.54) is 0 Å². The Hall–Kier alpha value is -3.75. The van der Waals surface area contributed by atoms with Gasteiger partial charge in [0.2, 0.25) is 5.95 Å². The first-order valence-corrected chi connectivity index (χ1v) is 10.0. The molecule has 3 N–H and O–H groups in total. The minimum Gasteiger partial charge on any atom is -0.367 e. The van der Waals surface area contributed by atoms with Gasteiger partial charge in [-0.3, -0.25) is 9.36 Å². The number of H-pyrrole nitrogens is 1. The molecule has 0 spiro atoms. The maximum absolute atomic E-state index is 12.6. The summed E-state index contributed by atoms with van der Waals surface area (Å²) >= 11 is 0. The van der Waals surface area contributed by atoms with Crippen LogP contribution < -0.4 is 16.2 Å². The van der Waals surface area contributed by atoms with Crippen molar-refractivity contribution in [3.05, 3.63) is 65.1 Å². The van der Waals surface area contributed by atoms with Crippen LogP contribution in [-0.2, 0) is 0 Å². The van der Waals surface area contributed by atoms with Gasteiger partial charge < -0.3 is 15.6 Å². The number of aryl methyl sites for hydroxylation is 1. The zero-order valence-corrected chi connectivity index (χ0v) is 16.5. The van der Waals surface area contributed by atoms with E-state index in [-0.39, 0.29) is 5.56 Å². The first kappa shape index (κ1) is 18.3. The Morgan fingerprint density at radius 3 is 2.67 bits per heavy atom. The average Bonchev–Trinajstić information content (AvgIpc) is 3.41. The lowest BCUT2D eigenvalue weighted by molar-refractivity contribution is 0.712. The lowest BCUT2D eigenvalue weighted by atomic mass is 10.2. The molecule has 0 aromatic carbocycles. The van der Waals surface area contributed by atoms with E-state index in [4.69, 9.17) is 0 Å². The monoisotopic (exact) mass is 402 g/mol. The number of anilines is 2. The second-order valence-electron chi connectivity index (χ2n) is 7.62. The molecule has 0 radical (unpaired) electrons. The predicted molar refractivity (Wildman–Crippen MR) is 115 cm³/mol. The number of nitrogens with zero attached hydrogens (tertiary/aromatic N) is 5. The van der Waals surface area contributed by atoms with Gasteiger partial charge in [0, 0.05) is 24.5 Å². The number of hydrogen-bond acceptors (Lipinski definition) is 7. The van der Waals surface area contributed by atoms with Crippen LogP contribution in [0.3, 0.4) is 0 Å². The summed E-state index contributed by atoms with van der Waals surface area (Å²) in [4.78, 5) is 24.5. The Labute approximate surface area is 172 Å². The fraction of sp³-hybridized carbons (Fsp3) is 0.286. The van der Waals surface area contributed by atoms with E-state index in [0.29, 0.717) is 23.4 Å². The summed E-state index contributed by atoms with van der Waals surface area (Å²) in [5.74, 6) is 1.37. The highest BCUT2D eigenvalue weighted by atomic mass is 16.1. The van der Waals surface area contributed by atoms with E-state index in [1.54, 1.807) is 35.4 Å². The zero-order valence-electron chi connectivity index (χ0n) is 16.5. The molecule has 2 atom stereocenters. The number of aromatic nitrogens is 6. The topological polar surface area (TPSA) is 113 Å². The van der Waals surface area contributed by atoms with Crippen LogP contribution in [0.4, 0.5) is 11.8 Å². The minimum absolute atomic E-state index is 0.0613. The summed E-state index contributed by atoms with van der Waals surface area (Å²) in [6, 6.07) is 8.13. The van der Waals surface area contributed by atoms with Gasteiger partial charge in [0.15, 0.2) is 0 Å². The molecule has 5 rings (SSSR count). The highest BCUT2D eigenvalue weighted by Gasteiger charge is 2.25. The lowest BCUT2D eigenvalue weighted by Gasteiger charge is -2.15. The Bertz CT molecular complexity index is 1210. The van der Waals surface area contributed by atoms with Crippen molar-refractivity contribution in [1.29, 1.82) is 0 Å². The third kappa shape index (κ3) is 3.61. The van der Waals surface area contributed by atoms with Gasteiger partial charge in [-0.15, -0.1) is 5.10 Å². The number of fused-ring (bicyclic) bond motifs is 1. The second-order valence-corrected chi connectivity index (χ2v) is 7.62. The van der Waals surface area contributed by atoms with E-state index in [2.05, 4.69) is 35.8 Å². The van der Waals surface area contributed by atoms with Crippen molar-refractivity contribution < 1.29 is 0 Å². The highest BCUT2D eigenvalue weighted by molar-refractivity contribution is 5.78. The van der Waals surface area contributed by atoms with Gasteiger partial charge in [-0.05, 0) is 50.5 Å². The largest absolute Gasteiger partial charge is 0.367 e. The fourth-order valence-electron chi connectivity index (χ4n) is 3.90. The lowest BCUT2D eigenvalue weighted by Crippen LogP contribution is -2.22. The van der Waals surface area contributed by atoms with Crippen molar-refractivity contribution in [3.63, 3.8) is 0 Å². The maximum Gasteiger partial charge on any atom is 0.264 e. The van der Waals surface area contributed by atoms with Gasteiger partial charge in [0.25, 0.3) is 5.56 Å². The van der Waals surface area contributed by atoms with Crippen molar-refractivity contribution in [2.75, 3.05) is 10.6 Å². The third-order valence-corrected chi connectivity index (χ3v) is 5.44. The van der Waals surface area contributed by atoms with Gasteiger partial charge in [0.1, 0.15) is 5.82 Å². The number of pyridine rings is 2. The number of nitrogens with one attached hydrogen (secondary N) is 3. The van der Waals surface area contributed by atoms with Crippen molar-refractivity contribution in [2.45, 2.75) is 38.3 Å². The molecule has 9 nitrogen and oxygen atoms in total. The predicted octanol–water partition coefficient (Wildman–Crippen LogP) is 2.65. The van der Waals surface area contributed by atoms with E-state index >= 15 is 0 Å². The molecule has 9 heteroatoms. The van der Waals surface area contributed by atoms with Crippen molar-refractivity contribution in [1.82, 2.24) is 29.7 Å². The number of hydrogen-bond donors (Lipinski definition) is 3. The maximum atomic E-state index is 12.6. The first-order valence-electron chi connectivity index (χ1n) is 10.0. The fourth-order valence-corrected chi connectivity index (χ4v) is 3.90. The molecule has 0 aliphatic heterocycles. The summed E-state index contributed by atoms with van der Waals surface area (Å²) in [5, 5.41) is 15.6. The Balaban J connectivity index is 1.23. The quantitative estimate of drug-likeness (QED) is 0.470. The van der Waals surface area contributed by atoms with Crippen LogP contribution in [0.5, 0.6) is 0 Å². The summed E-state index contributed by atoms with van der Waals surface area (Å²) in [7, 11) is 0. The van der Waals surface area contributed by atoms with Crippen LogP contribution in [0.1, 0.15) is 25.0 Å². The van der Waals surface area contributed by atoms with Crippen LogP contribution in [0.25, 0.3) is 16.6 Å². The molecule has 4 aromatic rings. The molecule has 4 aromatic heterocycles. The van der Waals surface area contributed by atoms with Gasteiger partial charge in [-0.1, -0.05) is 0 Å². The number of aromatic amines is 1. The van der Waals surface area contributed by atoms with Gasteiger partial charge in [-0.2, -0.15) is 5.10 Å². The van der Waals surface area contributed by atoms with Gasteiger partial charge in [-0.25, -0.2) is 9.97 Å². The van der Waals surface area contributed by atoms with Crippen molar-refractivity contribution >= 4 is 22.7 Å². The Morgan fingerprint density at radius 2 is 1.90 bits per heavy atom. The smallest absolute Gasteiger partial charge is 0.264 e. The summed E-state index contributed by atoms with van der Waals surface area (Å²) in [6.45, 7) is 1.87. The molecule has 30 heavy (non-hydrogen) atoms. The molecule has 4 heterocycles. The molecular weight excluding hydrogens is 380 g/mol. The number of rotatable bonds is 5. The third-order valence-electron chi connectivity index (χ3n) is 5.44. The SMILES string of the molecule is Cc1cnc(N[C@H]2CC[C@H](Nc3ccc(-n4ccc5[nH]ccc5c4=O)cn3)C2)nn1. The normalized spacial score (nSPS) is 18.6. The van der Waals surface area contributed by atoms with Crippen LogP contribution in [0.15, 0.2) is 53.8 Å². The van der Waals surface area contributed by atoms with Gasteiger partial charge >= 0.3 is 0 Å². The molecular formula is C21H22N8O. The standard InChI is InChI=1S/C21H22N8O/c1-13-11-24-21(28-27-13)26-15-3-2-14(10-15)25-19-5-4-16(12-23-19)29-9-7-18-17(20(29)30)6-8-22-18/h4-9,11-12,14-15,22H,2-3,10H2,1H3,(H,23,25)(H,24,26,28)/t14-,15-/m0/s1. The minimum atomic E-state index is -0.0613. The van der Waals surface area contributed by atoms with Crippen molar-refractivity contribution in [3.8, 4) is 5.69 Å².